The molecule has 0 aliphatic heterocycles. The highest BCUT2D eigenvalue weighted by Gasteiger charge is 2.34. The maximum Gasteiger partial charge on any atom is 0.418 e. The van der Waals surface area contributed by atoms with Crippen molar-refractivity contribution in [2.24, 2.45) is 0 Å². The van der Waals surface area contributed by atoms with Crippen molar-refractivity contribution >= 4 is 11.8 Å². The quantitative estimate of drug-likeness (QED) is 0.593. The highest BCUT2D eigenvalue weighted by atomic mass is 19.4. The van der Waals surface area contributed by atoms with Gasteiger partial charge in [-0.05, 0) is 24.3 Å². The first-order valence-electron chi connectivity index (χ1n) is 7.73. The maximum absolute atomic E-state index is 13.1. The van der Waals surface area contributed by atoms with Crippen molar-refractivity contribution in [3.05, 3.63) is 71.8 Å². The summed E-state index contributed by atoms with van der Waals surface area (Å²) >= 11 is 0. The van der Waals surface area contributed by atoms with Crippen LogP contribution in [-0.2, 0) is 6.18 Å². The molecule has 0 atom stereocenters. The Hall–Kier alpha value is -3.89. The Morgan fingerprint density at radius 3 is 2.32 bits per heavy atom. The lowest BCUT2D eigenvalue weighted by molar-refractivity contribution is -0.137. The van der Waals surface area contributed by atoms with Crippen molar-refractivity contribution in [3.8, 4) is 11.4 Å². The first-order valence-corrected chi connectivity index (χ1v) is 7.73. The number of pyridine rings is 1. The van der Waals surface area contributed by atoms with Crippen LogP contribution in [0.25, 0.3) is 5.69 Å². The Kier molecular flexibility index (Phi) is 4.98. The van der Waals surface area contributed by atoms with Crippen LogP contribution in [0.3, 0.4) is 0 Å². The molecular formula is C17H12F3N5O3. The van der Waals surface area contributed by atoms with Crippen LogP contribution in [-0.4, -0.2) is 31.7 Å². The first kappa shape index (κ1) is 18.9. The van der Waals surface area contributed by atoms with Crippen LogP contribution in [0.2, 0.25) is 0 Å². The van der Waals surface area contributed by atoms with E-state index in [9.17, 15) is 27.9 Å². The molecule has 0 unspecified atom stereocenters. The summed E-state index contributed by atoms with van der Waals surface area (Å²) in [5.74, 6) is -2.33. The second-order valence-corrected chi connectivity index (χ2v) is 5.47. The van der Waals surface area contributed by atoms with Crippen molar-refractivity contribution in [1.82, 2.24) is 25.6 Å². The lowest BCUT2D eigenvalue weighted by Gasteiger charge is -2.12. The number of hydrogen-bond acceptors (Lipinski definition) is 5. The summed E-state index contributed by atoms with van der Waals surface area (Å²) in [7, 11) is 0. The Morgan fingerprint density at radius 1 is 1.00 bits per heavy atom. The van der Waals surface area contributed by atoms with E-state index in [-0.39, 0.29) is 11.3 Å². The molecule has 11 heteroatoms. The van der Waals surface area contributed by atoms with Gasteiger partial charge in [-0.15, -0.1) is 0 Å². The Bertz CT molecular complexity index is 1020. The van der Waals surface area contributed by atoms with E-state index in [0.29, 0.717) is 0 Å². The monoisotopic (exact) mass is 391 g/mol. The maximum atomic E-state index is 13.1. The Balaban J connectivity index is 1.80. The number of hydrazine groups is 1. The third-order valence-electron chi connectivity index (χ3n) is 3.60. The number of carbonyl (C=O) groups is 2. The van der Waals surface area contributed by atoms with Crippen LogP contribution in [0.5, 0.6) is 5.75 Å². The van der Waals surface area contributed by atoms with Crippen molar-refractivity contribution in [2.45, 2.75) is 6.18 Å². The molecule has 8 nitrogen and oxygen atoms in total. The summed E-state index contributed by atoms with van der Waals surface area (Å²) in [6, 6.07) is 7.37. The SMILES string of the molecule is O=C(NNC(=O)c1nn(-c2ccccc2C(F)(F)F)cc1O)c1ccncc1. The summed E-state index contributed by atoms with van der Waals surface area (Å²) in [6.45, 7) is 0. The molecule has 0 bridgehead atoms. The second kappa shape index (κ2) is 7.39. The highest BCUT2D eigenvalue weighted by Crippen LogP contribution is 2.34. The molecular weight excluding hydrogens is 379 g/mol. The third-order valence-corrected chi connectivity index (χ3v) is 3.60. The number of nitrogens with one attached hydrogen (secondary N) is 2. The van der Waals surface area contributed by atoms with Crippen LogP contribution in [0.15, 0.2) is 55.0 Å². The van der Waals surface area contributed by atoms with Crippen LogP contribution in [0.1, 0.15) is 26.4 Å². The van der Waals surface area contributed by atoms with Crippen LogP contribution in [0.4, 0.5) is 13.2 Å². The van der Waals surface area contributed by atoms with Gasteiger partial charge in [0.25, 0.3) is 11.8 Å². The molecule has 144 valence electrons. The largest absolute Gasteiger partial charge is 0.504 e. The summed E-state index contributed by atoms with van der Waals surface area (Å²) in [4.78, 5) is 27.8. The summed E-state index contributed by atoms with van der Waals surface area (Å²) in [5, 5.41) is 13.6. The van der Waals surface area contributed by atoms with Gasteiger partial charge in [-0.1, -0.05) is 12.1 Å². The molecule has 3 aromatic rings. The molecule has 1 aromatic carbocycles. The lowest BCUT2D eigenvalue weighted by atomic mass is 10.2. The van der Waals surface area contributed by atoms with Gasteiger partial charge < -0.3 is 5.11 Å². The van der Waals surface area contributed by atoms with Gasteiger partial charge in [-0.2, -0.15) is 18.3 Å². The van der Waals surface area contributed by atoms with Gasteiger partial charge in [0, 0.05) is 18.0 Å². The number of amides is 2. The fraction of sp³-hybridized carbons (Fsp3) is 0.0588. The highest BCUT2D eigenvalue weighted by molar-refractivity contribution is 5.99. The number of benzene rings is 1. The number of aromatic nitrogens is 3. The zero-order valence-corrected chi connectivity index (χ0v) is 13.9. The number of nitrogens with zero attached hydrogens (tertiary/aromatic N) is 3. The third kappa shape index (κ3) is 3.92. The molecule has 0 radical (unpaired) electrons. The Labute approximate surface area is 155 Å². The van der Waals surface area contributed by atoms with Crippen LogP contribution in [0, 0.1) is 0 Å². The number of para-hydroxylation sites is 1. The van der Waals surface area contributed by atoms with E-state index in [1.54, 1.807) is 0 Å². The smallest absolute Gasteiger partial charge is 0.418 e. The Morgan fingerprint density at radius 2 is 1.64 bits per heavy atom. The van der Waals surface area contributed by atoms with E-state index in [0.717, 1.165) is 23.0 Å². The minimum Gasteiger partial charge on any atom is -0.504 e. The fourth-order valence-electron chi connectivity index (χ4n) is 2.31. The molecule has 2 aromatic heterocycles. The number of rotatable bonds is 3. The topological polar surface area (TPSA) is 109 Å². The summed E-state index contributed by atoms with van der Waals surface area (Å²) in [6.07, 6.45) is -1.03. The van der Waals surface area contributed by atoms with Gasteiger partial charge in [0.1, 0.15) is 0 Å². The van der Waals surface area contributed by atoms with E-state index in [1.807, 2.05) is 5.43 Å². The molecule has 0 aliphatic carbocycles. The zero-order valence-electron chi connectivity index (χ0n) is 13.9. The van der Waals surface area contributed by atoms with E-state index in [4.69, 9.17) is 0 Å². The number of halogens is 3. The van der Waals surface area contributed by atoms with Gasteiger partial charge in [-0.25, -0.2) is 4.68 Å². The average Bonchev–Trinajstić information content (AvgIpc) is 3.07. The van der Waals surface area contributed by atoms with E-state index in [2.05, 4.69) is 15.5 Å². The number of hydrogen-bond donors (Lipinski definition) is 3. The van der Waals surface area contributed by atoms with E-state index >= 15 is 0 Å². The van der Waals surface area contributed by atoms with Crippen LogP contribution < -0.4 is 10.9 Å². The van der Waals surface area contributed by atoms with Crippen molar-refractivity contribution < 1.29 is 27.9 Å². The molecule has 3 rings (SSSR count). The predicted molar refractivity (Wildman–Crippen MR) is 89.4 cm³/mol. The van der Waals surface area contributed by atoms with E-state index < -0.39 is 35.0 Å². The van der Waals surface area contributed by atoms with Gasteiger partial charge in [-0.3, -0.25) is 25.4 Å². The molecule has 2 amide bonds. The first-order chi connectivity index (χ1) is 13.3. The van der Waals surface area contributed by atoms with E-state index in [1.165, 1.54) is 36.7 Å². The normalized spacial score (nSPS) is 11.1. The van der Waals surface area contributed by atoms with Gasteiger partial charge in [0.05, 0.1) is 17.4 Å². The standard InChI is InChI=1S/C17H12F3N5O3/c18-17(19,20)11-3-1-2-4-12(11)25-9-13(26)14(24-25)16(28)23-22-15(27)10-5-7-21-8-6-10/h1-9,26H,(H,22,27)(H,23,28). The second-order valence-electron chi connectivity index (χ2n) is 5.47. The molecule has 28 heavy (non-hydrogen) atoms. The van der Waals surface area contributed by atoms with Gasteiger partial charge >= 0.3 is 6.18 Å². The molecule has 2 heterocycles. The molecule has 0 saturated carbocycles. The molecule has 0 saturated heterocycles. The van der Waals surface area contributed by atoms with Crippen molar-refractivity contribution in [3.63, 3.8) is 0 Å². The van der Waals surface area contributed by atoms with Gasteiger partial charge in [0.2, 0.25) is 0 Å². The number of alkyl halides is 3. The minimum atomic E-state index is -4.65. The summed E-state index contributed by atoms with van der Waals surface area (Å²) in [5.41, 5.74) is 2.42. The minimum absolute atomic E-state index is 0.212. The fourth-order valence-corrected chi connectivity index (χ4v) is 2.31. The van der Waals surface area contributed by atoms with Crippen molar-refractivity contribution in [2.75, 3.05) is 0 Å². The number of aromatic hydroxyl groups is 1. The molecule has 0 spiro atoms. The average molecular weight is 391 g/mol. The summed E-state index contributed by atoms with van der Waals surface area (Å²) < 4.78 is 40.1. The predicted octanol–water partition coefficient (Wildman–Crippen LogP) is 2.07. The molecule has 0 fully saturated rings. The van der Waals surface area contributed by atoms with Crippen LogP contribution >= 0.6 is 0 Å². The number of carbonyl (C=O) groups excluding carboxylic acids is 2. The molecule has 0 aliphatic rings. The lowest BCUT2D eigenvalue weighted by Crippen LogP contribution is -2.41. The molecule has 3 N–H and O–H groups in total. The van der Waals surface area contributed by atoms with Gasteiger partial charge in [0.15, 0.2) is 11.4 Å². The zero-order chi connectivity index (χ0) is 20.3. The van der Waals surface area contributed by atoms with Crippen molar-refractivity contribution in [1.29, 1.82) is 0 Å².